The van der Waals surface area contributed by atoms with Gasteiger partial charge in [-0.25, -0.2) is 9.67 Å². The molecule has 0 spiro atoms. The van der Waals surface area contributed by atoms with E-state index >= 15 is 0 Å². The van der Waals surface area contributed by atoms with Crippen LogP contribution in [0.5, 0.6) is 0 Å². The molecule has 2 aromatic rings. The summed E-state index contributed by atoms with van der Waals surface area (Å²) in [6.07, 6.45) is -2.18. The molecule has 18 heavy (non-hydrogen) atoms. The third-order valence-corrected chi connectivity index (χ3v) is 2.46. The van der Waals surface area contributed by atoms with Crippen molar-refractivity contribution >= 4 is 11.6 Å². The summed E-state index contributed by atoms with van der Waals surface area (Å²) in [5.74, 6) is -0.0220. The molecule has 0 saturated heterocycles. The lowest BCUT2D eigenvalue weighted by Gasteiger charge is -2.04. The van der Waals surface area contributed by atoms with Crippen LogP contribution in [0.3, 0.4) is 0 Å². The van der Waals surface area contributed by atoms with Gasteiger partial charge in [0.05, 0.1) is 5.56 Å². The van der Waals surface area contributed by atoms with Gasteiger partial charge >= 0.3 is 6.18 Å². The lowest BCUT2D eigenvalue weighted by Crippen LogP contribution is -2.08. The van der Waals surface area contributed by atoms with Crippen LogP contribution in [0.15, 0.2) is 24.5 Å². The lowest BCUT2D eigenvalue weighted by atomic mass is 10.3. The number of hydrogen-bond donors (Lipinski definition) is 0. The van der Waals surface area contributed by atoms with E-state index < -0.39 is 11.9 Å². The molecule has 0 aliphatic rings. The molecule has 0 aromatic carbocycles. The summed E-state index contributed by atoms with van der Waals surface area (Å²) in [6.45, 7) is 0. The van der Waals surface area contributed by atoms with Crippen molar-refractivity contribution < 1.29 is 13.2 Å². The van der Waals surface area contributed by atoms with Crippen LogP contribution in [0.25, 0.3) is 5.82 Å². The van der Waals surface area contributed by atoms with E-state index in [1.165, 1.54) is 12.3 Å². The zero-order valence-corrected chi connectivity index (χ0v) is 9.37. The van der Waals surface area contributed by atoms with Crippen LogP contribution >= 0.6 is 11.6 Å². The van der Waals surface area contributed by atoms with E-state index in [0.717, 1.165) is 16.9 Å². The Kier molecular flexibility index (Phi) is 2.97. The molecule has 0 unspecified atom stereocenters. The highest BCUT2D eigenvalue weighted by Gasteiger charge is 2.33. The largest absolute Gasteiger partial charge is 0.435 e. The summed E-state index contributed by atoms with van der Waals surface area (Å²) in [6, 6.07) is 3.97. The number of nitrogens with zero attached hydrogens (tertiary/aromatic N) is 4. The van der Waals surface area contributed by atoms with Gasteiger partial charge < -0.3 is 0 Å². The lowest BCUT2D eigenvalue weighted by molar-refractivity contribution is -0.141. The minimum atomic E-state index is -4.54. The van der Waals surface area contributed by atoms with E-state index in [1.54, 1.807) is 0 Å². The molecule has 0 bridgehead atoms. The molecule has 0 N–H and O–H groups in total. The molecular formula is C10H4ClF3N4. The minimum Gasteiger partial charge on any atom is -0.236 e. The molecule has 92 valence electrons. The highest BCUT2D eigenvalue weighted by Crippen LogP contribution is 2.29. The normalized spacial score (nSPS) is 11.3. The molecule has 4 nitrogen and oxygen atoms in total. The summed E-state index contributed by atoms with van der Waals surface area (Å²) in [7, 11) is 0. The fourth-order valence-electron chi connectivity index (χ4n) is 1.27. The van der Waals surface area contributed by atoms with Crippen molar-refractivity contribution in [3.8, 4) is 11.9 Å². The zero-order chi connectivity index (χ0) is 13.3. The molecular weight excluding hydrogens is 269 g/mol. The van der Waals surface area contributed by atoms with Gasteiger partial charge in [-0.2, -0.15) is 23.5 Å². The Morgan fingerprint density at radius 1 is 1.33 bits per heavy atom. The van der Waals surface area contributed by atoms with Crippen LogP contribution in [0.4, 0.5) is 13.2 Å². The Balaban J connectivity index is 2.51. The van der Waals surface area contributed by atoms with Gasteiger partial charge in [0.25, 0.3) is 0 Å². The van der Waals surface area contributed by atoms with Crippen molar-refractivity contribution in [3.05, 3.63) is 40.8 Å². The quantitative estimate of drug-likeness (QED) is 0.802. The molecule has 0 fully saturated rings. The van der Waals surface area contributed by atoms with Crippen LogP contribution in [0.2, 0.25) is 5.02 Å². The SMILES string of the molecule is N#Cc1ccnc(-n2ccc(C(F)(F)F)n2)c1Cl. The summed E-state index contributed by atoms with van der Waals surface area (Å²) >= 11 is 5.84. The number of nitriles is 1. The number of hydrogen-bond acceptors (Lipinski definition) is 3. The van der Waals surface area contributed by atoms with E-state index in [-0.39, 0.29) is 16.4 Å². The van der Waals surface area contributed by atoms with Crippen LogP contribution in [0, 0.1) is 11.3 Å². The second-order valence-electron chi connectivity index (χ2n) is 3.25. The van der Waals surface area contributed by atoms with Gasteiger partial charge in [-0.15, -0.1) is 0 Å². The summed E-state index contributed by atoms with van der Waals surface area (Å²) in [4.78, 5) is 3.80. The summed E-state index contributed by atoms with van der Waals surface area (Å²) in [5.41, 5.74) is -0.937. The van der Waals surface area contributed by atoms with Crippen molar-refractivity contribution in [1.29, 1.82) is 5.26 Å². The van der Waals surface area contributed by atoms with Crippen LogP contribution in [-0.2, 0) is 6.18 Å². The molecule has 2 rings (SSSR count). The molecule has 0 saturated carbocycles. The molecule has 0 amide bonds. The van der Waals surface area contributed by atoms with E-state index in [9.17, 15) is 13.2 Å². The first-order valence-electron chi connectivity index (χ1n) is 4.61. The van der Waals surface area contributed by atoms with Gasteiger partial charge in [-0.3, -0.25) is 0 Å². The number of pyridine rings is 1. The fourth-order valence-corrected chi connectivity index (χ4v) is 1.51. The Hall–Kier alpha value is -2.07. The Bertz CT molecular complexity index is 627. The summed E-state index contributed by atoms with van der Waals surface area (Å²) < 4.78 is 38.0. The highest BCUT2D eigenvalue weighted by molar-refractivity contribution is 6.33. The Morgan fingerprint density at radius 2 is 2.06 bits per heavy atom. The molecule has 0 aliphatic heterocycles. The van der Waals surface area contributed by atoms with Crippen molar-refractivity contribution in [1.82, 2.24) is 14.8 Å². The molecule has 2 aromatic heterocycles. The molecule has 0 atom stereocenters. The topological polar surface area (TPSA) is 54.5 Å². The fraction of sp³-hybridized carbons (Fsp3) is 0.100. The van der Waals surface area contributed by atoms with Gasteiger partial charge in [-0.05, 0) is 12.1 Å². The van der Waals surface area contributed by atoms with E-state index in [0.29, 0.717) is 0 Å². The zero-order valence-electron chi connectivity index (χ0n) is 8.61. The maximum Gasteiger partial charge on any atom is 0.435 e. The second-order valence-corrected chi connectivity index (χ2v) is 3.63. The number of rotatable bonds is 1. The number of aromatic nitrogens is 3. The molecule has 0 radical (unpaired) electrons. The second kappa shape index (κ2) is 4.31. The van der Waals surface area contributed by atoms with Crippen molar-refractivity contribution in [2.75, 3.05) is 0 Å². The predicted molar refractivity (Wildman–Crippen MR) is 56.1 cm³/mol. The van der Waals surface area contributed by atoms with Gasteiger partial charge in [0.1, 0.15) is 11.1 Å². The van der Waals surface area contributed by atoms with Gasteiger partial charge in [0.2, 0.25) is 0 Å². The first-order chi connectivity index (χ1) is 8.43. The van der Waals surface area contributed by atoms with Gasteiger partial charge in [0, 0.05) is 12.4 Å². The minimum absolute atomic E-state index is 0.0220. The monoisotopic (exact) mass is 272 g/mol. The Labute approximate surface area is 104 Å². The average molecular weight is 273 g/mol. The summed E-state index contributed by atoms with van der Waals surface area (Å²) in [5, 5.41) is 12.0. The smallest absolute Gasteiger partial charge is 0.236 e. The number of alkyl halides is 3. The van der Waals surface area contributed by atoms with Crippen LogP contribution in [-0.4, -0.2) is 14.8 Å². The Morgan fingerprint density at radius 3 is 2.61 bits per heavy atom. The predicted octanol–water partition coefficient (Wildman–Crippen LogP) is 2.81. The van der Waals surface area contributed by atoms with Gasteiger partial charge in [-0.1, -0.05) is 11.6 Å². The van der Waals surface area contributed by atoms with Gasteiger partial charge in [0.15, 0.2) is 11.5 Å². The van der Waals surface area contributed by atoms with E-state index in [4.69, 9.17) is 16.9 Å². The molecule has 0 aliphatic carbocycles. The van der Waals surface area contributed by atoms with Crippen molar-refractivity contribution in [2.24, 2.45) is 0 Å². The third kappa shape index (κ3) is 2.15. The first kappa shape index (κ1) is 12.4. The standard InChI is InChI=1S/C10H4ClF3N4/c11-8-6(5-15)1-3-16-9(8)18-4-2-7(17-18)10(12,13)14/h1-4H. The van der Waals surface area contributed by atoms with Crippen molar-refractivity contribution in [2.45, 2.75) is 6.18 Å². The maximum absolute atomic E-state index is 12.4. The third-order valence-electron chi connectivity index (χ3n) is 2.09. The van der Waals surface area contributed by atoms with Crippen LogP contribution in [0.1, 0.15) is 11.3 Å². The molecule has 8 heteroatoms. The average Bonchev–Trinajstić information content (AvgIpc) is 2.78. The van der Waals surface area contributed by atoms with Crippen LogP contribution < -0.4 is 0 Å². The van der Waals surface area contributed by atoms with E-state index in [2.05, 4.69) is 10.1 Å². The first-order valence-corrected chi connectivity index (χ1v) is 4.99. The van der Waals surface area contributed by atoms with E-state index in [1.807, 2.05) is 6.07 Å². The molecule has 2 heterocycles. The highest BCUT2D eigenvalue weighted by atomic mass is 35.5. The maximum atomic E-state index is 12.4. The van der Waals surface area contributed by atoms with Crippen molar-refractivity contribution in [3.63, 3.8) is 0 Å². The number of halogens is 4.